The zero-order valence-corrected chi connectivity index (χ0v) is 15.9. The van der Waals surface area contributed by atoms with Crippen LogP contribution in [0, 0.1) is 11.8 Å². The molecule has 0 fully saturated rings. The Morgan fingerprint density at radius 2 is 1.50 bits per heavy atom. The molecular weight excluding hydrogens is 322 g/mol. The third-order valence-corrected chi connectivity index (χ3v) is 4.72. The second-order valence-corrected chi connectivity index (χ2v) is 6.80. The lowest BCUT2D eigenvalue weighted by molar-refractivity contribution is -0.143. The number of hydrogen-bond acceptors (Lipinski definition) is 6. The molecule has 0 aromatic rings. The predicted octanol–water partition coefficient (Wildman–Crippen LogP) is 3.59. The highest BCUT2D eigenvalue weighted by Crippen LogP contribution is 2.25. The first kappa shape index (κ1) is 21.4. The first-order valence-corrected chi connectivity index (χ1v) is 8.72. The number of esters is 1. The van der Waals surface area contributed by atoms with Crippen molar-refractivity contribution in [1.82, 2.24) is 4.90 Å². The van der Waals surface area contributed by atoms with E-state index in [9.17, 15) is 9.59 Å². The highest BCUT2D eigenvalue weighted by molar-refractivity contribution is 7.81. The van der Waals surface area contributed by atoms with Gasteiger partial charge < -0.3 is 9.47 Å². The molecule has 0 spiro atoms. The number of amides is 1. The largest absolute Gasteiger partial charge is 0.466 e. The summed E-state index contributed by atoms with van der Waals surface area (Å²) in [5, 5.41) is -0.551. The third kappa shape index (κ3) is 7.63. The average molecular weight is 352 g/mol. The van der Waals surface area contributed by atoms with E-state index >= 15 is 0 Å². The molecule has 0 N–H and O–H groups in total. The number of carbonyl (C=O) groups is 2. The second-order valence-electron chi connectivity index (χ2n) is 5.75. The van der Waals surface area contributed by atoms with Crippen LogP contribution in [-0.4, -0.2) is 40.9 Å². The van der Waals surface area contributed by atoms with Crippen LogP contribution >= 0.6 is 25.3 Å². The van der Waals surface area contributed by atoms with Gasteiger partial charge in [-0.1, -0.05) is 27.7 Å². The van der Waals surface area contributed by atoms with E-state index in [1.54, 1.807) is 11.8 Å². The third-order valence-electron chi connectivity index (χ3n) is 3.03. The molecule has 0 aliphatic heterocycles. The molecular formula is C15H29NO4S2. The summed E-state index contributed by atoms with van der Waals surface area (Å²) in [7, 11) is 0. The normalized spacial score (nSPS) is 13.9. The minimum Gasteiger partial charge on any atom is -0.466 e. The SMILES string of the molecule is CCOC(=O)CCCOC(=O)N(C(S)C(C)C)C(S)C(C)C. The van der Waals surface area contributed by atoms with E-state index in [1.165, 1.54) is 0 Å². The van der Waals surface area contributed by atoms with Gasteiger partial charge in [0.05, 0.1) is 24.0 Å². The fourth-order valence-corrected chi connectivity index (χ4v) is 2.28. The van der Waals surface area contributed by atoms with Gasteiger partial charge >= 0.3 is 12.1 Å². The smallest absolute Gasteiger partial charge is 0.411 e. The number of thiol groups is 2. The maximum atomic E-state index is 12.3. The monoisotopic (exact) mass is 351 g/mol. The maximum absolute atomic E-state index is 12.3. The molecule has 1 amide bonds. The van der Waals surface area contributed by atoms with E-state index in [-0.39, 0.29) is 41.6 Å². The molecule has 2 atom stereocenters. The number of hydrogen-bond donors (Lipinski definition) is 2. The van der Waals surface area contributed by atoms with Gasteiger partial charge in [-0.15, -0.1) is 0 Å². The molecule has 0 aliphatic carbocycles. The van der Waals surface area contributed by atoms with Crippen molar-refractivity contribution >= 4 is 37.3 Å². The zero-order chi connectivity index (χ0) is 17.3. The molecule has 7 heteroatoms. The Kier molecular flexibility index (Phi) is 10.8. The van der Waals surface area contributed by atoms with Crippen molar-refractivity contribution in [3.63, 3.8) is 0 Å². The number of ether oxygens (including phenoxy) is 2. The summed E-state index contributed by atoms with van der Waals surface area (Å²) in [6.07, 6.45) is 0.228. The lowest BCUT2D eigenvalue weighted by Crippen LogP contribution is -2.47. The van der Waals surface area contributed by atoms with Crippen molar-refractivity contribution in [2.45, 2.75) is 58.2 Å². The van der Waals surface area contributed by atoms with Gasteiger partial charge in [-0.3, -0.25) is 9.69 Å². The molecule has 2 unspecified atom stereocenters. The van der Waals surface area contributed by atoms with Gasteiger partial charge in [0.1, 0.15) is 0 Å². The zero-order valence-electron chi connectivity index (χ0n) is 14.1. The first-order chi connectivity index (χ1) is 10.2. The standard InChI is InChI=1S/C15H29NO4S2/c1-6-19-12(17)8-7-9-20-15(18)16(13(21)10(2)3)14(22)11(4)5/h10-11,13-14,21-22H,6-9H2,1-5H3. The van der Waals surface area contributed by atoms with Crippen molar-refractivity contribution in [2.75, 3.05) is 13.2 Å². The lowest BCUT2D eigenvalue weighted by Gasteiger charge is -2.36. The summed E-state index contributed by atoms with van der Waals surface area (Å²) in [6, 6.07) is 0. The Morgan fingerprint density at radius 3 is 1.91 bits per heavy atom. The van der Waals surface area contributed by atoms with E-state index in [0.717, 1.165) is 0 Å². The van der Waals surface area contributed by atoms with Crippen LogP contribution in [-0.2, 0) is 14.3 Å². The molecule has 0 rings (SSSR count). The van der Waals surface area contributed by atoms with Gasteiger partial charge in [-0.25, -0.2) is 4.79 Å². The van der Waals surface area contributed by atoms with Gasteiger partial charge in [-0.2, -0.15) is 25.3 Å². The highest BCUT2D eigenvalue weighted by atomic mass is 32.1. The van der Waals surface area contributed by atoms with Crippen molar-refractivity contribution in [1.29, 1.82) is 0 Å². The van der Waals surface area contributed by atoms with Gasteiger partial charge in [0.25, 0.3) is 0 Å². The minimum absolute atomic E-state index is 0.170. The summed E-state index contributed by atoms with van der Waals surface area (Å²) in [5.41, 5.74) is 0. The molecule has 0 aromatic carbocycles. The summed E-state index contributed by atoms with van der Waals surface area (Å²) >= 11 is 9.00. The fourth-order valence-electron chi connectivity index (χ4n) is 1.70. The molecule has 0 aliphatic rings. The summed E-state index contributed by atoms with van der Waals surface area (Å²) in [4.78, 5) is 25.1. The summed E-state index contributed by atoms with van der Waals surface area (Å²) in [5.74, 6) is 0.0616. The van der Waals surface area contributed by atoms with E-state index in [0.29, 0.717) is 13.0 Å². The van der Waals surface area contributed by atoms with E-state index < -0.39 is 6.09 Å². The average Bonchev–Trinajstić information content (AvgIpc) is 2.43. The predicted molar refractivity (Wildman–Crippen MR) is 94.3 cm³/mol. The first-order valence-electron chi connectivity index (χ1n) is 7.69. The molecule has 0 saturated heterocycles. The molecule has 0 bridgehead atoms. The van der Waals surface area contributed by atoms with E-state index in [1.807, 2.05) is 27.7 Å². The van der Waals surface area contributed by atoms with Gasteiger partial charge in [-0.05, 0) is 25.2 Å². The molecule has 130 valence electrons. The molecule has 0 heterocycles. The van der Waals surface area contributed by atoms with E-state index in [2.05, 4.69) is 25.3 Å². The number of rotatable bonds is 9. The Labute approximate surface area is 144 Å². The highest BCUT2D eigenvalue weighted by Gasteiger charge is 2.31. The maximum Gasteiger partial charge on any atom is 0.411 e. The van der Waals surface area contributed by atoms with Gasteiger partial charge in [0.15, 0.2) is 0 Å². The Morgan fingerprint density at radius 1 is 1.00 bits per heavy atom. The topological polar surface area (TPSA) is 55.8 Å². The molecule has 22 heavy (non-hydrogen) atoms. The second kappa shape index (κ2) is 11.0. The van der Waals surface area contributed by atoms with E-state index in [4.69, 9.17) is 9.47 Å². The molecule has 0 aromatic heterocycles. The fraction of sp³-hybridized carbons (Fsp3) is 0.867. The van der Waals surface area contributed by atoms with Crippen molar-refractivity contribution in [3.05, 3.63) is 0 Å². The van der Waals surface area contributed by atoms with Crippen LogP contribution in [0.25, 0.3) is 0 Å². The Hall–Kier alpha value is -0.560. The van der Waals surface area contributed by atoms with Crippen LogP contribution in [0.15, 0.2) is 0 Å². The van der Waals surface area contributed by atoms with Crippen LogP contribution in [0.1, 0.15) is 47.5 Å². The van der Waals surface area contributed by atoms with Crippen molar-refractivity contribution in [3.8, 4) is 0 Å². The Bertz CT molecular complexity index is 336. The van der Waals surface area contributed by atoms with Crippen LogP contribution in [0.4, 0.5) is 4.79 Å². The van der Waals surface area contributed by atoms with Crippen molar-refractivity contribution in [2.24, 2.45) is 11.8 Å². The summed E-state index contributed by atoms with van der Waals surface area (Å²) in [6.45, 7) is 10.2. The van der Waals surface area contributed by atoms with Gasteiger partial charge in [0, 0.05) is 6.42 Å². The minimum atomic E-state index is -0.453. The quantitative estimate of drug-likeness (QED) is 0.288. The van der Waals surface area contributed by atoms with Crippen LogP contribution < -0.4 is 0 Å². The molecule has 0 radical (unpaired) electrons. The molecule has 5 nitrogen and oxygen atoms in total. The number of carbonyl (C=O) groups excluding carboxylic acids is 2. The number of nitrogens with zero attached hydrogens (tertiary/aromatic N) is 1. The Balaban J connectivity index is 4.49. The summed E-state index contributed by atoms with van der Waals surface area (Å²) < 4.78 is 10.1. The van der Waals surface area contributed by atoms with Crippen molar-refractivity contribution < 1.29 is 19.1 Å². The van der Waals surface area contributed by atoms with Crippen LogP contribution in [0.2, 0.25) is 0 Å². The van der Waals surface area contributed by atoms with Gasteiger partial charge in [0.2, 0.25) is 0 Å². The molecule has 0 saturated carbocycles. The van der Waals surface area contributed by atoms with Crippen LogP contribution in [0.5, 0.6) is 0 Å². The van der Waals surface area contributed by atoms with Crippen LogP contribution in [0.3, 0.4) is 0 Å². The lowest BCUT2D eigenvalue weighted by atomic mass is 10.1.